The molecule has 1 saturated heterocycles. The third kappa shape index (κ3) is 3.20. The van der Waals surface area contributed by atoms with Crippen molar-refractivity contribution in [2.24, 2.45) is 0 Å². The van der Waals surface area contributed by atoms with E-state index in [4.69, 9.17) is 9.05 Å². The largest absolute Gasteiger partial charge is 0.356 e. The first-order valence-electron chi connectivity index (χ1n) is 8.77. The van der Waals surface area contributed by atoms with Crippen molar-refractivity contribution in [1.29, 1.82) is 0 Å². The lowest BCUT2D eigenvalue weighted by Crippen LogP contribution is -2.49. The first kappa shape index (κ1) is 16.7. The zero-order chi connectivity index (χ0) is 18.1. The Bertz CT molecular complexity index is 910. The summed E-state index contributed by atoms with van der Waals surface area (Å²) in [6.45, 7) is 6.75. The van der Waals surface area contributed by atoms with Gasteiger partial charge in [0.1, 0.15) is 5.69 Å². The Hall–Kier alpha value is -2.74. The molecule has 0 radical (unpaired) electrons. The Balaban J connectivity index is 1.36. The predicted octanol–water partition coefficient (Wildman–Crippen LogP) is 1.97. The number of nitrogens with zero attached hydrogens (tertiary/aromatic N) is 5. The van der Waals surface area contributed by atoms with Crippen LogP contribution in [0.1, 0.15) is 30.4 Å². The molecule has 2 aromatic heterocycles. The highest BCUT2D eigenvalue weighted by atomic mass is 16.5. The van der Waals surface area contributed by atoms with Gasteiger partial charge in [-0.3, -0.25) is 9.69 Å². The van der Waals surface area contributed by atoms with Crippen LogP contribution in [0.25, 0.3) is 11.0 Å². The average molecular weight is 355 g/mol. The number of para-hydroxylation sites is 1. The van der Waals surface area contributed by atoms with Crippen LogP contribution >= 0.6 is 0 Å². The van der Waals surface area contributed by atoms with E-state index < -0.39 is 0 Å². The number of carbonyl (C=O) groups is 1. The van der Waals surface area contributed by atoms with Crippen LogP contribution in [0, 0.1) is 6.92 Å². The number of carbonyl (C=O) groups excluding carboxylic acids is 1. The van der Waals surface area contributed by atoms with Crippen LogP contribution in [-0.4, -0.2) is 57.2 Å². The van der Waals surface area contributed by atoms with E-state index >= 15 is 0 Å². The molecule has 4 rings (SSSR count). The monoisotopic (exact) mass is 355 g/mol. The minimum Gasteiger partial charge on any atom is -0.356 e. The minimum absolute atomic E-state index is 0.0490. The molecular weight excluding hydrogens is 334 g/mol. The third-order valence-corrected chi connectivity index (χ3v) is 4.89. The molecule has 1 atom stereocenters. The Labute approximate surface area is 150 Å². The smallest absolute Gasteiger partial charge is 0.243 e. The maximum atomic E-state index is 12.6. The van der Waals surface area contributed by atoms with E-state index in [2.05, 4.69) is 20.2 Å². The second-order valence-electron chi connectivity index (χ2n) is 6.57. The molecule has 0 bridgehead atoms. The van der Waals surface area contributed by atoms with E-state index in [1.165, 1.54) is 0 Å². The molecule has 3 heterocycles. The van der Waals surface area contributed by atoms with Crippen molar-refractivity contribution >= 4 is 16.9 Å². The predicted molar refractivity (Wildman–Crippen MR) is 93.3 cm³/mol. The maximum Gasteiger partial charge on any atom is 0.243 e. The van der Waals surface area contributed by atoms with Gasteiger partial charge < -0.3 is 13.9 Å². The SMILES string of the molecule is Cc1noc(C(C)N2CCN(C(=O)Cc3noc4ccccc34)CC2)n1. The van der Waals surface area contributed by atoms with E-state index in [1.807, 2.05) is 43.0 Å². The lowest BCUT2D eigenvalue weighted by Gasteiger charge is -2.36. The highest BCUT2D eigenvalue weighted by molar-refractivity contribution is 5.86. The number of amides is 1. The number of fused-ring (bicyclic) bond motifs is 1. The number of hydrogen-bond donors (Lipinski definition) is 0. The van der Waals surface area contributed by atoms with Crippen LogP contribution in [-0.2, 0) is 11.2 Å². The summed E-state index contributed by atoms with van der Waals surface area (Å²) in [6, 6.07) is 7.65. The molecule has 0 saturated carbocycles. The maximum absolute atomic E-state index is 12.6. The van der Waals surface area contributed by atoms with Crippen molar-refractivity contribution in [2.45, 2.75) is 26.3 Å². The lowest BCUT2D eigenvalue weighted by atomic mass is 10.1. The molecule has 0 aliphatic carbocycles. The summed E-state index contributed by atoms with van der Waals surface area (Å²) in [5, 5.41) is 8.81. The van der Waals surface area contributed by atoms with Gasteiger partial charge in [-0.1, -0.05) is 22.4 Å². The molecule has 1 fully saturated rings. The number of aromatic nitrogens is 3. The standard InChI is InChI=1S/C18H21N5O3/c1-12(18-19-13(2)20-26-18)22-7-9-23(10-8-22)17(24)11-15-14-5-3-4-6-16(14)25-21-15/h3-6,12H,7-11H2,1-2H3. The molecule has 0 N–H and O–H groups in total. The third-order valence-electron chi connectivity index (χ3n) is 4.89. The topological polar surface area (TPSA) is 88.5 Å². The number of piperazine rings is 1. The summed E-state index contributed by atoms with van der Waals surface area (Å²) < 4.78 is 10.5. The molecule has 0 spiro atoms. The van der Waals surface area contributed by atoms with Crippen LogP contribution < -0.4 is 0 Å². The summed E-state index contributed by atoms with van der Waals surface area (Å²) in [5.74, 6) is 1.34. The number of benzene rings is 1. The molecule has 1 unspecified atom stereocenters. The van der Waals surface area contributed by atoms with Gasteiger partial charge in [-0.05, 0) is 26.0 Å². The Morgan fingerprint density at radius 3 is 2.65 bits per heavy atom. The van der Waals surface area contributed by atoms with Crippen molar-refractivity contribution in [2.75, 3.05) is 26.2 Å². The van der Waals surface area contributed by atoms with E-state index in [0.29, 0.717) is 36.1 Å². The van der Waals surface area contributed by atoms with Gasteiger partial charge in [0.05, 0.1) is 12.5 Å². The number of aryl methyl sites for hydroxylation is 1. The van der Waals surface area contributed by atoms with Gasteiger partial charge in [0, 0.05) is 31.6 Å². The Morgan fingerprint density at radius 2 is 1.92 bits per heavy atom. The zero-order valence-corrected chi connectivity index (χ0v) is 14.9. The van der Waals surface area contributed by atoms with Crippen molar-refractivity contribution in [3.63, 3.8) is 0 Å². The highest BCUT2D eigenvalue weighted by Gasteiger charge is 2.28. The minimum atomic E-state index is 0.0490. The molecule has 1 aliphatic heterocycles. The van der Waals surface area contributed by atoms with Gasteiger partial charge in [-0.25, -0.2) is 0 Å². The summed E-state index contributed by atoms with van der Waals surface area (Å²) >= 11 is 0. The van der Waals surface area contributed by atoms with Gasteiger partial charge >= 0.3 is 0 Å². The van der Waals surface area contributed by atoms with E-state index in [0.717, 1.165) is 18.5 Å². The van der Waals surface area contributed by atoms with Gasteiger partial charge in [0.2, 0.25) is 11.8 Å². The van der Waals surface area contributed by atoms with Crippen LogP contribution in [0.15, 0.2) is 33.3 Å². The zero-order valence-electron chi connectivity index (χ0n) is 14.9. The van der Waals surface area contributed by atoms with Crippen LogP contribution in [0.3, 0.4) is 0 Å². The fourth-order valence-corrected chi connectivity index (χ4v) is 3.32. The summed E-state index contributed by atoms with van der Waals surface area (Å²) in [7, 11) is 0. The normalized spacial score (nSPS) is 16.9. The molecule has 8 heteroatoms. The van der Waals surface area contributed by atoms with Crippen molar-refractivity contribution < 1.29 is 13.8 Å². The quantitative estimate of drug-likeness (QED) is 0.707. The highest BCUT2D eigenvalue weighted by Crippen LogP contribution is 2.21. The Kier molecular flexibility index (Phi) is 4.42. The van der Waals surface area contributed by atoms with E-state index in [1.54, 1.807) is 0 Å². The van der Waals surface area contributed by atoms with E-state index in [-0.39, 0.29) is 18.4 Å². The van der Waals surface area contributed by atoms with Crippen molar-refractivity contribution in [1.82, 2.24) is 25.1 Å². The molecule has 1 amide bonds. The molecule has 1 aliphatic rings. The van der Waals surface area contributed by atoms with Gasteiger partial charge in [-0.2, -0.15) is 4.98 Å². The fraction of sp³-hybridized carbons (Fsp3) is 0.444. The summed E-state index contributed by atoms with van der Waals surface area (Å²) in [4.78, 5) is 21.1. The molecule has 1 aromatic carbocycles. The van der Waals surface area contributed by atoms with Crippen molar-refractivity contribution in [3.05, 3.63) is 41.7 Å². The number of rotatable bonds is 4. The molecule has 3 aromatic rings. The molecule has 8 nitrogen and oxygen atoms in total. The second kappa shape index (κ2) is 6.87. The van der Waals surface area contributed by atoms with Gasteiger partial charge in [-0.15, -0.1) is 0 Å². The van der Waals surface area contributed by atoms with Gasteiger partial charge in [0.15, 0.2) is 11.4 Å². The summed E-state index contributed by atoms with van der Waals surface area (Å²) in [6.07, 6.45) is 0.259. The fourth-order valence-electron chi connectivity index (χ4n) is 3.32. The molecular formula is C18H21N5O3. The van der Waals surface area contributed by atoms with Crippen molar-refractivity contribution in [3.8, 4) is 0 Å². The lowest BCUT2D eigenvalue weighted by molar-refractivity contribution is -0.132. The van der Waals surface area contributed by atoms with Crippen LogP contribution in [0.4, 0.5) is 0 Å². The average Bonchev–Trinajstić information content (AvgIpc) is 3.28. The molecule has 26 heavy (non-hydrogen) atoms. The summed E-state index contributed by atoms with van der Waals surface area (Å²) in [5.41, 5.74) is 1.41. The number of hydrogen-bond acceptors (Lipinski definition) is 7. The first-order chi connectivity index (χ1) is 12.6. The van der Waals surface area contributed by atoms with E-state index in [9.17, 15) is 4.79 Å². The second-order valence-corrected chi connectivity index (χ2v) is 6.57. The van der Waals surface area contributed by atoms with Gasteiger partial charge in [0.25, 0.3) is 0 Å². The first-order valence-corrected chi connectivity index (χ1v) is 8.77. The van der Waals surface area contributed by atoms with Crippen LogP contribution in [0.5, 0.6) is 0 Å². The Morgan fingerprint density at radius 1 is 1.15 bits per heavy atom. The van der Waals surface area contributed by atoms with Crippen LogP contribution in [0.2, 0.25) is 0 Å². The molecule has 136 valence electrons.